The van der Waals surface area contributed by atoms with Gasteiger partial charge in [-0.15, -0.1) is 0 Å². The first kappa shape index (κ1) is 23.5. The van der Waals surface area contributed by atoms with Crippen molar-refractivity contribution in [3.63, 3.8) is 0 Å². The van der Waals surface area contributed by atoms with E-state index in [-0.39, 0.29) is 22.5 Å². The van der Waals surface area contributed by atoms with Gasteiger partial charge in [-0.25, -0.2) is 9.59 Å². The molecular weight excluding hydrogens is 416 g/mol. The van der Waals surface area contributed by atoms with E-state index in [0.717, 1.165) is 9.13 Å². The minimum absolute atomic E-state index is 0.328. The second-order valence-corrected chi connectivity index (χ2v) is 7.96. The third-order valence-corrected chi connectivity index (χ3v) is 5.88. The van der Waals surface area contributed by atoms with Crippen LogP contribution < -0.4 is 42.9 Å². The van der Waals surface area contributed by atoms with Gasteiger partial charge in [0.15, 0.2) is 0 Å². The van der Waals surface area contributed by atoms with Crippen LogP contribution in [-0.2, 0) is 28.2 Å². The molecule has 0 aromatic carbocycles. The average molecular weight is 449 g/mol. The lowest BCUT2D eigenvalue weighted by Gasteiger charge is -2.30. The minimum Gasteiger partial charge on any atom is -0.355 e. The average Bonchev–Trinajstić information content (AvgIpc) is 2.76. The van der Waals surface area contributed by atoms with E-state index in [1.807, 2.05) is 9.80 Å². The van der Waals surface area contributed by atoms with Crippen LogP contribution in [0.25, 0.3) is 0 Å². The van der Waals surface area contributed by atoms with Crippen LogP contribution in [0.2, 0.25) is 0 Å². The van der Waals surface area contributed by atoms with Crippen molar-refractivity contribution in [2.45, 2.75) is 0 Å². The predicted molar refractivity (Wildman–Crippen MR) is 124 cm³/mol. The van der Waals surface area contributed by atoms with Gasteiger partial charge in [0.2, 0.25) is 0 Å². The summed E-state index contributed by atoms with van der Waals surface area (Å²) >= 11 is 0. The molecular formula is C20H32N8O4. The first-order chi connectivity index (χ1) is 15.2. The Morgan fingerprint density at radius 1 is 0.562 bits per heavy atom. The zero-order valence-corrected chi connectivity index (χ0v) is 19.1. The van der Waals surface area contributed by atoms with Gasteiger partial charge in [-0.2, -0.15) is 0 Å². The number of hydrogen-bond acceptors (Lipinski definition) is 8. The zero-order chi connectivity index (χ0) is 23.4. The van der Waals surface area contributed by atoms with Crippen LogP contribution in [0.15, 0.2) is 31.3 Å². The van der Waals surface area contributed by atoms with Crippen molar-refractivity contribution in [2.24, 2.45) is 28.2 Å². The first-order valence-electron chi connectivity index (χ1n) is 10.7. The summed E-state index contributed by atoms with van der Waals surface area (Å²) in [5, 5.41) is 6.76. The van der Waals surface area contributed by atoms with Gasteiger partial charge >= 0.3 is 11.4 Å². The summed E-state index contributed by atoms with van der Waals surface area (Å²) in [5.74, 6) is 1.19. The molecule has 1 aliphatic heterocycles. The molecule has 0 radical (unpaired) electrons. The molecule has 0 aliphatic carbocycles. The molecule has 2 aromatic heterocycles. The molecule has 32 heavy (non-hydrogen) atoms. The fourth-order valence-corrected chi connectivity index (χ4v) is 3.84. The van der Waals surface area contributed by atoms with Gasteiger partial charge in [0.25, 0.3) is 11.1 Å². The van der Waals surface area contributed by atoms with E-state index in [1.165, 1.54) is 35.4 Å². The molecule has 3 heterocycles. The van der Waals surface area contributed by atoms with Crippen molar-refractivity contribution in [2.75, 3.05) is 62.2 Å². The van der Waals surface area contributed by atoms with Crippen molar-refractivity contribution in [3.8, 4) is 0 Å². The molecule has 0 spiro atoms. The van der Waals surface area contributed by atoms with Crippen LogP contribution in [0.5, 0.6) is 0 Å². The maximum Gasteiger partial charge on any atom is 0.332 e. The van der Waals surface area contributed by atoms with Crippen LogP contribution in [0.4, 0.5) is 11.6 Å². The zero-order valence-electron chi connectivity index (χ0n) is 19.1. The van der Waals surface area contributed by atoms with E-state index in [0.29, 0.717) is 64.0 Å². The highest BCUT2D eigenvalue weighted by Crippen LogP contribution is 2.09. The Bertz CT molecular complexity index is 1090. The molecule has 0 atom stereocenters. The van der Waals surface area contributed by atoms with Gasteiger partial charge in [-0.05, 0) is 0 Å². The number of anilines is 2. The van der Waals surface area contributed by atoms with Crippen LogP contribution in [0.1, 0.15) is 0 Å². The number of nitrogens with one attached hydrogen (secondary N) is 2. The van der Waals surface area contributed by atoms with Gasteiger partial charge in [0.1, 0.15) is 11.6 Å². The summed E-state index contributed by atoms with van der Waals surface area (Å²) in [5.41, 5.74) is -1.36. The molecule has 2 N–H and O–H groups in total. The number of hydrogen-bond donors (Lipinski definition) is 2. The Morgan fingerprint density at radius 3 is 1.19 bits per heavy atom. The number of nitrogens with zero attached hydrogens (tertiary/aromatic N) is 6. The normalized spacial score (nSPS) is 16.5. The maximum atomic E-state index is 12.3. The van der Waals surface area contributed by atoms with Gasteiger partial charge in [0, 0.05) is 92.7 Å². The fourth-order valence-electron chi connectivity index (χ4n) is 3.84. The fraction of sp³-hybridized carbons (Fsp3) is 0.600. The van der Waals surface area contributed by atoms with Crippen LogP contribution in [-0.4, -0.2) is 70.6 Å². The van der Waals surface area contributed by atoms with Crippen molar-refractivity contribution in [3.05, 3.63) is 53.8 Å². The van der Waals surface area contributed by atoms with Crippen LogP contribution in [0.3, 0.4) is 0 Å². The lowest BCUT2D eigenvalue weighted by molar-refractivity contribution is 0.566. The molecule has 0 unspecified atom stereocenters. The predicted octanol–water partition coefficient (Wildman–Crippen LogP) is -3.01. The van der Waals surface area contributed by atoms with Gasteiger partial charge in [0.05, 0.1) is 0 Å². The van der Waals surface area contributed by atoms with E-state index in [9.17, 15) is 19.2 Å². The summed E-state index contributed by atoms with van der Waals surface area (Å²) in [6.45, 7) is 5.05. The smallest absolute Gasteiger partial charge is 0.332 e. The summed E-state index contributed by atoms with van der Waals surface area (Å²) in [4.78, 5) is 52.9. The van der Waals surface area contributed by atoms with Gasteiger partial charge in [-0.3, -0.25) is 27.9 Å². The molecule has 0 bridgehead atoms. The highest BCUT2D eigenvalue weighted by molar-refractivity contribution is 5.39. The maximum absolute atomic E-state index is 12.3. The Morgan fingerprint density at radius 2 is 0.875 bits per heavy atom. The van der Waals surface area contributed by atoms with Crippen molar-refractivity contribution < 1.29 is 0 Å². The largest absolute Gasteiger partial charge is 0.355 e. The van der Waals surface area contributed by atoms with Crippen molar-refractivity contribution in [1.82, 2.24) is 28.9 Å². The monoisotopic (exact) mass is 448 g/mol. The third-order valence-electron chi connectivity index (χ3n) is 5.88. The Hall–Kier alpha value is -3.12. The molecule has 0 amide bonds. The number of rotatable bonds is 2. The second kappa shape index (κ2) is 10.0. The van der Waals surface area contributed by atoms with Crippen molar-refractivity contribution in [1.29, 1.82) is 0 Å². The first-order valence-corrected chi connectivity index (χ1v) is 10.7. The summed E-state index contributed by atoms with van der Waals surface area (Å²) < 4.78 is 5.17. The minimum atomic E-state index is -0.352. The number of aromatic nitrogens is 4. The second-order valence-electron chi connectivity index (χ2n) is 7.96. The SMILES string of the molecule is Cn1c(N2CCNCCN(c3cc(=O)n(C)c(=O)n3C)CCNCC2)cc(=O)n(C)c1=O. The highest BCUT2D eigenvalue weighted by Gasteiger charge is 2.16. The van der Waals surface area contributed by atoms with Gasteiger partial charge in [-0.1, -0.05) is 0 Å². The van der Waals surface area contributed by atoms with Crippen molar-refractivity contribution >= 4 is 11.6 Å². The summed E-state index contributed by atoms with van der Waals surface area (Å²) in [7, 11) is 6.27. The van der Waals surface area contributed by atoms with E-state index in [4.69, 9.17) is 0 Å². The Kier molecular flexibility index (Phi) is 7.36. The molecule has 176 valence electrons. The molecule has 1 fully saturated rings. The molecule has 0 saturated carbocycles. The van der Waals surface area contributed by atoms with Crippen LogP contribution in [0, 0.1) is 0 Å². The molecule has 1 saturated heterocycles. The summed E-state index contributed by atoms with van der Waals surface area (Å²) in [6, 6.07) is 2.98. The molecule has 12 nitrogen and oxygen atoms in total. The summed E-state index contributed by atoms with van der Waals surface area (Å²) in [6.07, 6.45) is 0. The quantitative estimate of drug-likeness (QED) is 0.499. The van der Waals surface area contributed by atoms with Crippen LogP contribution >= 0.6 is 0 Å². The molecule has 1 aliphatic rings. The van der Waals surface area contributed by atoms with Gasteiger partial charge < -0.3 is 20.4 Å². The Balaban J connectivity index is 1.75. The molecule has 2 aromatic rings. The standard InChI is InChI=1S/C20H32N8O4/c1-23-15(13-17(29)25(3)19(23)31)27-9-5-21-7-11-28(12-8-22-6-10-27)16-14-18(30)26(4)20(32)24(16)2/h13-14,21-22H,5-12H2,1-4H3. The third kappa shape index (κ3) is 4.86. The van der Waals surface area contributed by atoms with E-state index in [1.54, 1.807) is 14.1 Å². The van der Waals surface area contributed by atoms with E-state index in [2.05, 4.69) is 10.6 Å². The molecule has 3 rings (SSSR count). The topological polar surface area (TPSA) is 119 Å². The molecule has 12 heteroatoms. The highest BCUT2D eigenvalue weighted by atomic mass is 16.2. The van der Waals surface area contributed by atoms with E-state index < -0.39 is 0 Å². The lowest BCUT2D eigenvalue weighted by atomic mass is 10.3. The lowest BCUT2D eigenvalue weighted by Crippen LogP contribution is -2.47. The van der Waals surface area contributed by atoms with E-state index >= 15 is 0 Å². The Labute approximate surface area is 185 Å².